The highest BCUT2D eigenvalue weighted by atomic mass is 35.5. The summed E-state index contributed by atoms with van der Waals surface area (Å²) in [5, 5.41) is 16.6. The lowest BCUT2D eigenvalue weighted by Crippen LogP contribution is -2.34. The fourth-order valence-corrected chi connectivity index (χ4v) is 1.20. The van der Waals surface area contributed by atoms with E-state index < -0.39 is 10.6 Å². The first-order chi connectivity index (χ1) is 6.02. The molecule has 1 aromatic rings. The van der Waals surface area contributed by atoms with Gasteiger partial charge >= 0.3 is 0 Å². The average molecular weight is 221 g/mol. The normalized spacial score (nSPS) is 17.8. The van der Waals surface area contributed by atoms with Gasteiger partial charge in [-0.2, -0.15) is 0 Å². The van der Waals surface area contributed by atoms with Crippen LogP contribution < -0.4 is 0 Å². The van der Waals surface area contributed by atoms with Crippen LogP contribution in [0.15, 0.2) is 30.3 Å². The first-order valence-corrected chi connectivity index (χ1v) is 4.61. The van der Waals surface area contributed by atoms with Crippen molar-refractivity contribution in [2.75, 3.05) is 0 Å². The smallest absolute Gasteiger partial charge is 0.182 e. The summed E-state index contributed by atoms with van der Waals surface area (Å²) in [5.41, 5.74) is -0.658. The minimum Gasteiger partial charge on any atom is -0.373 e. The van der Waals surface area contributed by atoms with E-state index in [-0.39, 0.29) is 6.42 Å². The van der Waals surface area contributed by atoms with Gasteiger partial charge in [-0.3, -0.25) is 0 Å². The largest absolute Gasteiger partial charge is 0.373 e. The van der Waals surface area contributed by atoms with Crippen molar-refractivity contribution in [3.63, 3.8) is 0 Å². The van der Waals surface area contributed by atoms with E-state index in [1.165, 1.54) is 0 Å². The Labute approximate surface area is 86.7 Å². The molecule has 2 N–H and O–H groups in total. The maximum atomic E-state index is 9.43. The lowest BCUT2D eigenvalue weighted by atomic mass is 10.1. The minimum atomic E-state index is -1.80. The van der Waals surface area contributed by atoms with Gasteiger partial charge in [-0.25, -0.2) is 0 Å². The Bertz CT molecular complexity index is 260. The Morgan fingerprint density at radius 3 is 2.31 bits per heavy atom. The number of hydrogen-bond donors (Lipinski definition) is 2. The number of alkyl halides is 2. The highest BCUT2D eigenvalue weighted by Gasteiger charge is 2.31. The number of rotatable bonds is 3. The van der Waals surface area contributed by atoms with Gasteiger partial charge in [0.25, 0.3) is 0 Å². The van der Waals surface area contributed by atoms with Gasteiger partial charge < -0.3 is 10.2 Å². The fourth-order valence-electron chi connectivity index (χ4n) is 0.966. The molecule has 0 radical (unpaired) electrons. The summed E-state index contributed by atoms with van der Waals surface area (Å²) < 4.78 is 0. The van der Waals surface area contributed by atoms with Crippen LogP contribution in [-0.4, -0.2) is 20.8 Å². The van der Waals surface area contributed by atoms with Gasteiger partial charge in [0, 0.05) is 6.42 Å². The van der Waals surface area contributed by atoms with Gasteiger partial charge in [-0.1, -0.05) is 53.5 Å². The van der Waals surface area contributed by atoms with Gasteiger partial charge in [0.05, 0.1) is 0 Å². The molecule has 0 heterocycles. The maximum Gasteiger partial charge on any atom is 0.182 e. The summed E-state index contributed by atoms with van der Waals surface area (Å²) in [6, 6.07) is 9.10. The highest BCUT2D eigenvalue weighted by Crippen LogP contribution is 2.24. The van der Waals surface area contributed by atoms with Crippen molar-refractivity contribution >= 4 is 23.2 Å². The molecule has 0 aliphatic heterocycles. The number of aliphatic hydroxyl groups is 2. The summed E-state index contributed by atoms with van der Waals surface area (Å²) in [5.74, 6) is 0. The van der Waals surface area contributed by atoms with Crippen LogP contribution in [0.5, 0.6) is 0 Å². The highest BCUT2D eigenvalue weighted by molar-refractivity contribution is 6.30. The molecule has 0 saturated carbocycles. The van der Waals surface area contributed by atoms with Crippen molar-refractivity contribution < 1.29 is 10.2 Å². The Morgan fingerprint density at radius 2 is 1.85 bits per heavy atom. The third kappa shape index (κ3) is 3.16. The van der Waals surface area contributed by atoms with Crippen molar-refractivity contribution in [1.82, 2.24) is 0 Å². The van der Waals surface area contributed by atoms with E-state index in [9.17, 15) is 5.11 Å². The molecule has 0 aliphatic rings. The molecule has 0 aromatic heterocycles. The van der Waals surface area contributed by atoms with Crippen LogP contribution in [0.1, 0.15) is 5.56 Å². The number of aliphatic hydroxyl groups excluding tert-OH is 1. The summed E-state index contributed by atoms with van der Waals surface area (Å²) >= 11 is 10.9. The van der Waals surface area contributed by atoms with Crippen LogP contribution in [0, 0.1) is 0 Å². The predicted octanol–water partition coefficient (Wildman–Crippen LogP) is 1.71. The summed E-state index contributed by atoms with van der Waals surface area (Å²) in [4.78, 5) is 0. The van der Waals surface area contributed by atoms with Gasteiger partial charge in [-0.05, 0) is 5.56 Å². The number of hydrogen-bond acceptors (Lipinski definition) is 2. The van der Waals surface area contributed by atoms with E-state index in [0.717, 1.165) is 5.56 Å². The topological polar surface area (TPSA) is 40.5 Å². The van der Waals surface area contributed by atoms with Gasteiger partial charge in [0.2, 0.25) is 0 Å². The second-order valence-electron chi connectivity index (χ2n) is 2.82. The Morgan fingerprint density at radius 1 is 1.31 bits per heavy atom. The van der Waals surface area contributed by atoms with E-state index >= 15 is 0 Å². The van der Waals surface area contributed by atoms with Crippen molar-refractivity contribution in [3.05, 3.63) is 35.9 Å². The SMILES string of the molecule is OC(Cl)C(O)(Cl)Cc1ccccc1. The zero-order valence-electron chi connectivity index (χ0n) is 6.82. The third-order valence-electron chi connectivity index (χ3n) is 1.66. The first kappa shape index (κ1) is 10.8. The molecule has 4 heteroatoms. The van der Waals surface area contributed by atoms with Crippen LogP contribution in [0.3, 0.4) is 0 Å². The summed E-state index contributed by atoms with van der Waals surface area (Å²) in [6.45, 7) is 0. The molecular formula is C9H10Cl2O2. The molecule has 2 unspecified atom stereocenters. The van der Waals surface area contributed by atoms with Crippen LogP contribution in [0.25, 0.3) is 0 Å². The molecule has 0 fully saturated rings. The second kappa shape index (κ2) is 4.29. The van der Waals surface area contributed by atoms with E-state index in [1.807, 2.05) is 18.2 Å². The molecule has 2 atom stereocenters. The van der Waals surface area contributed by atoms with Crippen molar-refractivity contribution in [1.29, 1.82) is 0 Å². The maximum absolute atomic E-state index is 9.43. The molecule has 0 spiro atoms. The molecule has 1 aromatic carbocycles. The monoisotopic (exact) mass is 220 g/mol. The summed E-state index contributed by atoms with van der Waals surface area (Å²) in [7, 11) is 0. The van der Waals surface area contributed by atoms with Crippen LogP contribution in [0.2, 0.25) is 0 Å². The predicted molar refractivity (Wildman–Crippen MR) is 52.8 cm³/mol. The van der Waals surface area contributed by atoms with Crippen LogP contribution in [0.4, 0.5) is 0 Å². The molecule has 0 amide bonds. The number of halogens is 2. The van der Waals surface area contributed by atoms with Gasteiger partial charge in [-0.15, -0.1) is 0 Å². The molecule has 2 nitrogen and oxygen atoms in total. The molecular weight excluding hydrogens is 211 g/mol. The van der Waals surface area contributed by atoms with E-state index in [1.54, 1.807) is 12.1 Å². The Kier molecular flexibility index (Phi) is 3.56. The van der Waals surface area contributed by atoms with E-state index in [0.29, 0.717) is 0 Å². The van der Waals surface area contributed by atoms with Crippen LogP contribution >= 0.6 is 23.2 Å². The van der Waals surface area contributed by atoms with Gasteiger partial charge in [0.1, 0.15) is 0 Å². The van der Waals surface area contributed by atoms with Gasteiger partial charge in [0.15, 0.2) is 10.6 Å². The van der Waals surface area contributed by atoms with Crippen molar-refractivity contribution in [2.45, 2.75) is 17.0 Å². The minimum absolute atomic E-state index is 0.111. The Hall–Kier alpha value is -0.280. The first-order valence-electron chi connectivity index (χ1n) is 3.80. The van der Waals surface area contributed by atoms with E-state index in [2.05, 4.69) is 0 Å². The van der Waals surface area contributed by atoms with Crippen molar-refractivity contribution in [2.24, 2.45) is 0 Å². The molecule has 72 valence electrons. The molecule has 1 rings (SSSR count). The van der Waals surface area contributed by atoms with E-state index in [4.69, 9.17) is 28.3 Å². The average Bonchev–Trinajstić information content (AvgIpc) is 2.05. The second-order valence-corrected chi connectivity index (χ2v) is 3.88. The molecule has 0 saturated heterocycles. The zero-order valence-corrected chi connectivity index (χ0v) is 8.33. The third-order valence-corrected chi connectivity index (χ3v) is 2.47. The zero-order chi connectivity index (χ0) is 9.90. The lowest BCUT2D eigenvalue weighted by Gasteiger charge is -2.21. The standard InChI is InChI=1S/C9H10Cl2O2/c10-8(12)9(11,13)6-7-4-2-1-3-5-7/h1-5,8,12-13H,6H2. The molecule has 13 heavy (non-hydrogen) atoms. The Balaban J connectivity index is 2.69. The van der Waals surface area contributed by atoms with Crippen LogP contribution in [-0.2, 0) is 6.42 Å². The van der Waals surface area contributed by atoms with Crippen molar-refractivity contribution in [3.8, 4) is 0 Å². The molecule has 0 bridgehead atoms. The summed E-state index contributed by atoms with van der Waals surface area (Å²) in [6.07, 6.45) is 0.111. The quantitative estimate of drug-likeness (QED) is 0.763. The number of benzene rings is 1. The molecule has 0 aliphatic carbocycles. The lowest BCUT2D eigenvalue weighted by molar-refractivity contribution is 0.0334. The fraction of sp³-hybridized carbons (Fsp3) is 0.333.